The van der Waals surface area contributed by atoms with Crippen molar-refractivity contribution in [3.8, 4) is 44.9 Å². The quantitative estimate of drug-likeness (QED) is 0.206. The standard InChI is InChI=1S/C37H31BN2O2/c1-24-10-12-25(13-11-24)28-16-20-36(42-3)32(22-28)29-17-21-35(41-2)31(23-29)26-14-18-30(19-15-26)38-39-33-8-4-6-27-7-5-9-34(40-38)37(27)33/h4-23,39-40H,1-3H3. The van der Waals surface area contributed by atoms with Crippen molar-refractivity contribution in [2.24, 2.45) is 0 Å². The summed E-state index contributed by atoms with van der Waals surface area (Å²) in [7, 11) is 3.44. The molecule has 0 aliphatic carbocycles. The van der Waals surface area contributed by atoms with E-state index in [9.17, 15) is 0 Å². The molecule has 6 aromatic rings. The molecule has 7 rings (SSSR count). The third-order valence-corrected chi connectivity index (χ3v) is 8.15. The van der Waals surface area contributed by atoms with E-state index < -0.39 is 0 Å². The summed E-state index contributed by atoms with van der Waals surface area (Å²) in [5.74, 6) is 1.66. The fraction of sp³-hybridized carbons (Fsp3) is 0.0811. The molecule has 0 saturated carbocycles. The molecule has 204 valence electrons. The highest BCUT2D eigenvalue weighted by molar-refractivity contribution is 6.80. The average Bonchev–Trinajstić information content (AvgIpc) is 3.05. The minimum absolute atomic E-state index is 0.0263. The molecule has 0 fully saturated rings. The molecule has 0 spiro atoms. The molecule has 0 aromatic heterocycles. The lowest BCUT2D eigenvalue weighted by Gasteiger charge is -2.27. The summed E-state index contributed by atoms with van der Waals surface area (Å²) in [5, 5.41) is 9.81. The zero-order valence-corrected chi connectivity index (χ0v) is 23.9. The van der Waals surface area contributed by atoms with E-state index in [1.165, 1.54) is 21.9 Å². The van der Waals surface area contributed by atoms with Crippen molar-refractivity contribution in [1.82, 2.24) is 0 Å². The van der Waals surface area contributed by atoms with E-state index >= 15 is 0 Å². The van der Waals surface area contributed by atoms with Crippen molar-refractivity contribution in [3.63, 3.8) is 0 Å². The lowest BCUT2D eigenvalue weighted by atomic mass is 9.66. The molecule has 5 heteroatoms. The molecule has 0 amide bonds. The van der Waals surface area contributed by atoms with Crippen molar-refractivity contribution < 1.29 is 9.47 Å². The van der Waals surface area contributed by atoms with Gasteiger partial charge in [-0.15, -0.1) is 0 Å². The largest absolute Gasteiger partial charge is 0.496 e. The van der Waals surface area contributed by atoms with Gasteiger partial charge < -0.3 is 19.9 Å². The Hall–Kier alpha value is -5.16. The first-order chi connectivity index (χ1) is 20.6. The first-order valence-corrected chi connectivity index (χ1v) is 14.2. The van der Waals surface area contributed by atoms with Crippen LogP contribution < -0.4 is 25.4 Å². The number of hydrogen-bond acceptors (Lipinski definition) is 4. The number of benzene rings is 6. The summed E-state index contributed by atoms with van der Waals surface area (Å²) >= 11 is 0. The highest BCUT2D eigenvalue weighted by atomic mass is 16.5. The average molecular weight is 546 g/mol. The third kappa shape index (κ3) is 4.63. The number of aryl methyl sites for hydroxylation is 1. The molecule has 1 aliphatic rings. The number of anilines is 2. The van der Waals surface area contributed by atoms with Crippen molar-refractivity contribution >= 4 is 34.6 Å². The van der Waals surface area contributed by atoms with Gasteiger partial charge in [0.2, 0.25) is 0 Å². The van der Waals surface area contributed by atoms with Crippen molar-refractivity contribution in [2.45, 2.75) is 6.92 Å². The molecule has 1 aliphatic heterocycles. The van der Waals surface area contributed by atoms with Gasteiger partial charge in [0.25, 0.3) is 0 Å². The van der Waals surface area contributed by atoms with E-state index in [1.807, 2.05) is 12.1 Å². The van der Waals surface area contributed by atoms with Gasteiger partial charge in [0.15, 0.2) is 0 Å². The summed E-state index contributed by atoms with van der Waals surface area (Å²) in [4.78, 5) is 0. The van der Waals surface area contributed by atoms with Crippen LogP contribution in [-0.4, -0.2) is 21.2 Å². The molecular weight excluding hydrogens is 515 g/mol. The maximum absolute atomic E-state index is 5.81. The molecular formula is C37H31BN2O2. The molecule has 0 unspecified atom stereocenters. The van der Waals surface area contributed by atoms with Crippen LogP contribution in [0, 0.1) is 6.92 Å². The number of rotatable bonds is 6. The number of nitrogens with one attached hydrogen (secondary N) is 2. The third-order valence-electron chi connectivity index (χ3n) is 8.15. The zero-order valence-electron chi connectivity index (χ0n) is 23.9. The van der Waals surface area contributed by atoms with Gasteiger partial charge in [-0.3, -0.25) is 0 Å². The molecule has 0 radical (unpaired) electrons. The maximum Gasteiger partial charge on any atom is 0.406 e. The van der Waals surface area contributed by atoms with E-state index in [0.29, 0.717) is 0 Å². The monoisotopic (exact) mass is 546 g/mol. The molecule has 2 N–H and O–H groups in total. The van der Waals surface area contributed by atoms with Crippen LogP contribution in [0.5, 0.6) is 11.5 Å². The molecule has 6 aromatic carbocycles. The van der Waals surface area contributed by atoms with Gasteiger partial charge in [-0.1, -0.05) is 90.5 Å². The minimum atomic E-state index is -0.0263. The van der Waals surface area contributed by atoms with E-state index in [1.54, 1.807) is 14.2 Å². The first kappa shape index (κ1) is 25.8. The Labute approximate surface area is 247 Å². The highest BCUT2D eigenvalue weighted by Crippen LogP contribution is 2.39. The Morgan fingerprint density at radius 3 is 1.67 bits per heavy atom. The summed E-state index contributed by atoms with van der Waals surface area (Å²) in [6.45, 7) is 2.08. The van der Waals surface area contributed by atoms with Crippen LogP contribution in [0.2, 0.25) is 0 Å². The number of ether oxygens (including phenoxy) is 2. The summed E-state index contributed by atoms with van der Waals surface area (Å²) in [6, 6.07) is 42.8. The Kier molecular flexibility index (Phi) is 6.56. The maximum atomic E-state index is 5.81. The van der Waals surface area contributed by atoms with Gasteiger partial charge >= 0.3 is 6.98 Å². The fourth-order valence-electron chi connectivity index (χ4n) is 5.91. The van der Waals surface area contributed by atoms with Crippen LogP contribution in [0.4, 0.5) is 11.4 Å². The van der Waals surface area contributed by atoms with E-state index in [-0.39, 0.29) is 6.98 Å². The predicted octanol–water partition coefficient (Wildman–Crippen LogP) is 8.40. The summed E-state index contributed by atoms with van der Waals surface area (Å²) in [6.07, 6.45) is 0. The normalized spacial score (nSPS) is 12.0. The Morgan fingerprint density at radius 1 is 0.524 bits per heavy atom. The van der Waals surface area contributed by atoms with Gasteiger partial charge in [0.1, 0.15) is 11.5 Å². The van der Waals surface area contributed by atoms with E-state index in [0.717, 1.165) is 56.2 Å². The Morgan fingerprint density at radius 2 is 1.05 bits per heavy atom. The van der Waals surface area contributed by atoms with Gasteiger partial charge in [0, 0.05) is 27.9 Å². The zero-order chi connectivity index (χ0) is 28.6. The Bertz CT molecular complexity index is 1880. The van der Waals surface area contributed by atoms with E-state index in [2.05, 4.69) is 127 Å². The van der Waals surface area contributed by atoms with Crippen molar-refractivity contribution in [3.05, 3.63) is 127 Å². The van der Waals surface area contributed by atoms with Crippen LogP contribution >= 0.6 is 0 Å². The lowest BCUT2D eigenvalue weighted by molar-refractivity contribution is 0.415. The molecule has 0 atom stereocenters. The van der Waals surface area contributed by atoms with Crippen molar-refractivity contribution in [1.29, 1.82) is 0 Å². The van der Waals surface area contributed by atoms with Gasteiger partial charge in [-0.2, -0.15) is 0 Å². The minimum Gasteiger partial charge on any atom is -0.496 e. The number of methoxy groups -OCH3 is 2. The second kappa shape index (κ2) is 10.7. The molecule has 0 bridgehead atoms. The van der Waals surface area contributed by atoms with Gasteiger partial charge in [0.05, 0.1) is 14.2 Å². The topological polar surface area (TPSA) is 42.5 Å². The van der Waals surface area contributed by atoms with Crippen LogP contribution in [0.3, 0.4) is 0 Å². The van der Waals surface area contributed by atoms with Gasteiger partial charge in [-0.05, 0) is 76.4 Å². The lowest BCUT2D eigenvalue weighted by Crippen LogP contribution is -2.47. The first-order valence-electron chi connectivity index (χ1n) is 14.2. The summed E-state index contributed by atoms with van der Waals surface area (Å²) < 4.78 is 11.6. The molecule has 4 nitrogen and oxygen atoms in total. The van der Waals surface area contributed by atoms with Crippen LogP contribution in [0.25, 0.3) is 44.2 Å². The number of hydrogen-bond donors (Lipinski definition) is 2. The van der Waals surface area contributed by atoms with Crippen LogP contribution in [0.15, 0.2) is 121 Å². The fourth-order valence-corrected chi connectivity index (χ4v) is 5.91. The second-order valence-electron chi connectivity index (χ2n) is 10.7. The molecule has 0 saturated heterocycles. The molecule has 1 heterocycles. The Balaban J connectivity index is 1.23. The van der Waals surface area contributed by atoms with Gasteiger partial charge in [-0.25, -0.2) is 0 Å². The summed E-state index contributed by atoms with van der Waals surface area (Å²) in [5.41, 5.74) is 11.3. The predicted molar refractivity (Wildman–Crippen MR) is 177 cm³/mol. The van der Waals surface area contributed by atoms with Crippen molar-refractivity contribution in [2.75, 3.05) is 24.7 Å². The second-order valence-corrected chi connectivity index (χ2v) is 10.7. The highest BCUT2D eigenvalue weighted by Gasteiger charge is 2.25. The van der Waals surface area contributed by atoms with E-state index in [4.69, 9.17) is 9.47 Å². The smallest absolute Gasteiger partial charge is 0.406 e. The van der Waals surface area contributed by atoms with Crippen LogP contribution in [0.1, 0.15) is 5.56 Å². The SMILES string of the molecule is COc1ccc(-c2ccc(C)cc2)cc1-c1ccc(OC)c(-c2ccc(B3Nc4cccc5cccc(c45)N3)cc2)c1. The molecule has 42 heavy (non-hydrogen) atoms. The van der Waals surface area contributed by atoms with Crippen LogP contribution in [-0.2, 0) is 0 Å².